The maximum absolute atomic E-state index is 12.6. The van der Waals surface area contributed by atoms with Crippen LogP contribution in [0.3, 0.4) is 0 Å². The lowest BCUT2D eigenvalue weighted by Crippen LogP contribution is -2.27. The molecule has 0 heterocycles. The first-order valence-electron chi connectivity index (χ1n) is 7.89. The second-order valence-electron chi connectivity index (χ2n) is 6.05. The Hall–Kier alpha value is -2.61. The topological polar surface area (TPSA) is 20.3 Å². The standard InChI is InChI=1S/C21H21NO/c1-16-10-12-17(13-11-16)15-22(2)21(23)14-19-8-5-7-18-6-3-4-9-20(18)19/h3-13H,14-15H2,1-2H3. The van der Waals surface area contributed by atoms with Crippen molar-refractivity contribution in [2.75, 3.05) is 7.05 Å². The number of benzene rings is 3. The van der Waals surface area contributed by atoms with Crippen molar-refractivity contribution in [1.82, 2.24) is 4.90 Å². The van der Waals surface area contributed by atoms with E-state index >= 15 is 0 Å². The minimum atomic E-state index is 0.141. The van der Waals surface area contributed by atoms with E-state index in [1.54, 1.807) is 4.90 Å². The summed E-state index contributed by atoms with van der Waals surface area (Å²) < 4.78 is 0. The monoisotopic (exact) mass is 303 g/mol. The molecule has 0 bridgehead atoms. The second kappa shape index (κ2) is 6.66. The summed E-state index contributed by atoms with van der Waals surface area (Å²) >= 11 is 0. The van der Waals surface area contributed by atoms with Crippen molar-refractivity contribution in [3.8, 4) is 0 Å². The first-order chi connectivity index (χ1) is 11.1. The van der Waals surface area contributed by atoms with E-state index in [2.05, 4.69) is 49.4 Å². The normalized spacial score (nSPS) is 10.7. The van der Waals surface area contributed by atoms with Crippen LogP contribution in [0.1, 0.15) is 16.7 Å². The molecule has 0 aliphatic carbocycles. The van der Waals surface area contributed by atoms with Crippen molar-refractivity contribution in [2.45, 2.75) is 19.9 Å². The van der Waals surface area contributed by atoms with Gasteiger partial charge in [-0.3, -0.25) is 4.79 Å². The van der Waals surface area contributed by atoms with Crippen LogP contribution in [0.4, 0.5) is 0 Å². The molecule has 0 spiro atoms. The molecule has 3 aromatic rings. The van der Waals surface area contributed by atoms with Gasteiger partial charge >= 0.3 is 0 Å². The highest BCUT2D eigenvalue weighted by molar-refractivity contribution is 5.90. The third-order valence-corrected chi connectivity index (χ3v) is 4.19. The van der Waals surface area contributed by atoms with Crippen molar-refractivity contribution in [2.24, 2.45) is 0 Å². The van der Waals surface area contributed by atoms with Crippen molar-refractivity contribution in [3.63, 3.8) is 0 Å². The first-order valence-corrected chi connectivity index (χ1v) is 7.89. The number of likely N-dealkylation sites (N-methyl/N-ethyl adjacent to an activating group) is 1. The average molecular weight is 303 g/mol. The molecular formula is C21H21NO. The van der Waals surface area contributed by atoms with Crippen molar-refractivity contribution in [1.29, 1.82) is 0 Å². The van der Waals surface area contributed by atoms with Gasteiger partial charge in [-0.15, -0.1) is 0 Å². The summed E-state index contributed by atoms with van der Waals surface area (Å²) in [7, 11) is 1.87. The molecule has 3 aromatic carbocycles. The molecule has 116 valence electrons. The summed E-state index contributed by atoms with van der Waals surface area (Å²) in [4.78, 5) is 14.4. The van der Waals surface area contributed by atoms with Crippen LogP contribution in [0, 0.1) is 6.92 Å². The Labute approximate surface area is 137 Å². The molecule has 0 N–H and O–H groups in total. The molecule has 1 amide bonds. The molecule has 0 radical (unpaired) electrons. The van der Waals surface area contributed by atoms with E-state index in [-0.39, 0.29) is 5.91 Å². The van der Waals surface area contributed by atoms with Crippen LogP contribution < -0.4 is 0 Å². The summed E-state index contributed by atoms with van der Waals surface area (Å²) in [5.74, 6) is 0.141. The number of nitrogens with zero attached hydrogens (tertiary/aromatic N) is 1. The highest BCUT2D eigenvalue weighted by Crippen LogP contribution is 2.19. The Balaban J connectivity index is 1.74. The van der Waals surface area contributed by atoms with Crippen LogP contribution in [0.5, 0.6) is 0 Å². The SMILES string of the molecule is Cc1ccc(CN(C)C(=O)Cc2cccc3ccccc23)cc1. The summed E-state index contributed by atoms with van der Waals surface area (Å²) in [6.07, 6.45) is 0.434. The third kappa shape index (κ3) is 3.59. The number of rotatable bonds is 4. The van der Waals surface area contributed by atoms with Gasteiger partial charge in [-0.25, -0.2) is 0 Å². The zero-order valence-electron chi connectivity index (χ0n) is 13.6. The lowest BCUT2D eigenvalue weighted by atomic mass is 10.0. The van der Waals surface area contributed by atoms with E-state index in [4.69, 9.17) is 0 Å². The van der Waals surface area contributed by atoms with Gasteiger partial charge < -0.3 is 4.90 Å². The van der Waals surface area contributed by atoms with Crippen LogP contribution in [0.15, 0.2) is 66.7 Å². The van der Waals surface area contributed by atoms with E-state index in [9.17, 15) is 4.79 Å². The highest BCUT2D eigenvalue weighted by atomic mass is 16.2. The molecule has 0 aromatic heterocycles. The van der Waals surface area contributed by atoms with E-state index in [0.29, 0.717) is 13.0 Å². The van der Waals surface area contributed by atoms with Gasteiger partial charge in [-0.1, -0.05) is 72.3 Å². The van der Waals surface area contributed by atoms with Gasteiger partial charge in [0, 0.05) is 13.6 Å². The number of fused-ring (bicyclic) bond motifs is 1. The zero-order chi connectivity index (χ0) is 16.2. The lowest BCUT2D eigenvalue weighted by Gasteiger charge is -2.18. The Kier molecular flexibility index (Phi) is 4.42. The molecule has 23 heavy (non-hydrogen) atoms. The largest absolute Gasteiger partial charge is 0.341 e. The lowest BCUT2D eigenvalue weighted by molar-refractivity contribution is -0.129. The smallest absolute Gasteiger partial charge is 0.227 e. The predicted octanol–water partition coefficient (Wildman–Crippen LogP) is 4.35. The van der Waals surface area contributed by atoms with E-state index in [1.807, 2.05) is 31.3 Å². The minimum absolute atomic E-state index is 0.141. The fraction of sp³-hybridized carbons (Fsp3) is 0.190. The van der Waals surface area contributed by atoms with Gasteiger partial charge in [-0.05, 0) is 28.8 Å². The van der Waals surface area contributed by atoms with Gasteiger partial charge in [0.25, 0.3) is 0 Å². The summed E-state index contributed by atoms with van der Waals surface area (Å²) in [6.45, 7) is 2.71. The molecule has 0 atom stereocenters. The van der Waals surface area contributed by atoms with Crippen LogP contribution in [-0.4, -0.2) is 17.9 Å². The molecule has 2 nitrogen and oxygen atoms in total. The van der Waals surface area contributed by atoms with Gasteiger partial charge in [-0.2, -0.15) is 0 Å². The van der Waals surface area contributed by atoms with E-state index in [0.717, 1.165) is 16.5 Å². The van der Waals surface area contributed by atoms with Gasteiger partial charge in [0.05, 0.1) is 6.42 Å². The minimum Gasteiger partial charge on any atom is -0.341 e. The van der Waals surface area contributed by atoms with E-state index in [1.165, 1.54) is 10.9 Å². The Morgan fingerprint density at radius 3 is 2.39 bits per heavy atom. The third-order valence-electron chi connectivity index (χ3n) is 4.19. The molecule has 0 fully saturated rings. The number of hydrogen-bond acceptors (Lipinski definition) is 1. The molecule has 3 rings (SSSR count). The number of aryl methyl sites for hydroxylation is 1. The van der Waals surface area contributed by atoms with Crippen LogP contribution in [0.25, 0.3) is 10.8 Å². The average Bonchev–Trinajstić information content (AvgIpc) is 2.57. The molecule has 2 heteroatoms. The van der Waals surface area contributed by atoms with Gasteiger partial charge in [0.2, 0.25) is 5.91 Å². The summed E-state index contributed by atoms with van der Waals surface area (Å²) in [5.41, 5.74) is 3.48. The molecule has 0 saturated heterocycles. The quantitative estimate of drug-likeness (QED) is 0.701. The number of carbonyl (C=O) groups is 1. The fourth-order valence-electron chi connectivity index (χ4n) is 2.80. The molecule has 0 aliphatic heterocycles. The number of amides is 1. The zero-order valence-corrected chi connectivity index (χ0v) is 13.6. The summed E-state index contributed by atoms with van der Waals surface area (Å²) in [6, 6.07) is 22.7. The molecule has 0 saturated carbocycles. The molecular weight excluding hydrogens is 282 g/mol. The fourth-order valence-corrected chi connectivity index (χ4v) is 2.80. The maximum Gasteiger partial charge on any atom is 0.227 e. The van der Waals surface area contributed by atoms with E-state index < -0.39 is 0 Å². The maximum atomic E-state index is 12.6. The van der Waals surface area contributed by atoms with Crippen LogP contribution >= 0.6 is 0 Å². The molecule has 0 aliphatic rings. The van der Waals surface area contributed by atoms with Gasteiger partial charge in [0.1, 0.15) is 0 Å². The number of hydrogen-bond donors (Lipinski definition) is 0. The Morgan fingerprint density at radius 1 is 0.913 bits per heavy atom. The Bertz CT molecular complexity index is 815. The van der Waals surface area contributed by atoms with Crippen LogP contribution in [-0.2, 0) is 17.8 Å². The number of carbonyl (C=O) groups excluding carboxylic acids is 1. The Morgan fingerprint density at radius 2 is 1.61 bits per heavy atom. The van der Waals surface area contributed by atoms with Gasteiger partial charge in [0.15, 0.2) is 0 Å². The van der Waals surface area contributed by atoms with Crippen molar-refractivity contribution < 1.29 is 4.79 Å². The van der Waals surface area contributed by atoms with Crippen LogP contribution in [0.2, 0.25) is 0 Å². The summed E-state index contributed by atoms with van der Waals surface area (Å²) in [5, 5.41) is 2.34. The predicted molar refractivity (Wildman–Crippen MR) is 95.3 cm³/mol. The first kappa shape index (κ1) is 15.3. The second-order valence-corrected chi connectivity index (χ2v) is 6.05. The van der Waals surface area contributed by atoms with Crippen molar-refractivity contribution in [3.05, 3.63) is 83.4 Å². The highest BCUT2D eigenvalue weighted by Gasteiger charge is 2.12. The van der Waals surface area contributed by atoms with Crippen molar-refractivity contribution >= 4 is 16.7 Å². The molecule has 0 unspecified atom stereocenters.